The molecule has 1 saturated heterocycles. The van der Waals surface area contributed by atoms with E-state index in [2.05, 4.69) is 48.3 Å². The first-order chi connectivity index (χ1) is 8.72. The fourth-order valence-corrected chi connectivity index (χ4v) is 3.77. The van der Waals surface area contributed by atoms with Crippen molar-refractivity contribution in [3.63, 3.8) is 0 Å². The molecule has 18 heavy (non-hydrogen) atoms. The molecule has 0 bridgehead atoms. The van der Waals surface area contributed by atoms with Crippen molar-refractivity contribution in [3.8, 4) is 0 Å². The maximum atomic E-state index is 3.54. The summed E-state index contributed by atoms with van der Waals surface area (Å²) >= 11 is 0. The summed E-state index contributed by atoms with van der Waals surface area (Å²) in [5.41, 5.74) is 2.86. The molecule has 2 heterocycles. The molecule has 0 amide bonds. The van der Waals surface area contributed by atoms with Gasteiger partial charge in [-0.05, 0) is 29.9 Å². The van der Waals surface area contributed by atoms with Crippen molar-refractivity contribution in [2.75, 3.05) is 31.5 Å². The lowest BCUT2D eigenvalue weighted by atomic mass is 9.90. The van der Waals surface area contributed by atoms with Gasteiger partial charge in [0.15, 0.2) is 0 Å². The molecule has 0 aromatic heterocycles. The van der Waals surface area contributed by atoms with Gasteiger partial charge in [0.1, 0.15) is 0 Å². The quantitative estimate of drug-likeness (QED) is 0.859. The molecule has 1 aromatic rings. The van der Waals surface area contributed by atoms with Gasteiger partial charge in [0.2, 0.25) is 0 Å². The number of nitrogens with one attached hydrogen (secondary N) is 1. The Morgan fingerprint density at radius 1 is 1.17 bits per heavy atom. The number of anilines is 1. The van der Waals surface area contributed by atoms with Crippen molar-refractivity contribution in [1.29, 1.82) is 0 Å². The zero-order chi connectivity index (χ0) is 12.5. The molecule has 1 N–H and O–H groups in total. The average Bonchev–Trinajstić information content (AvgIpc) is 2.72. The van der Waals surface area contributed by atoms with Gasteiger partial charge in [-0.2, -0.15) is 0 Å². The largest absolute Gasteiger partial charge is 0.384 e. The predicted octanol–water partition coefficient (Wildman–Crippen LogP) is 3.17. The van der Waals surface area contributed by atoms with E-state index < -0.39 is 0 Å². The van der Waals surface area contributed by atoms with Crippen LogP contribution in [0.5, 0.6) is 0 Å². The van der Waals surface area contributed by atoms with Gasteiger partial charge in [-0.25, -0.2) is 0 Å². The molecule has 0 radical (unpaired) electrons. The van der Waals surface area contributed by atoms with E-state index in [1.54, 1.807) is 0 Å². The highest BCUT2D eigenvalue weighted by atomic mass is 15.1. The zero-order valence-corrected chi connectivity index (χ0v) is 11.5. The first kappa shape index (κ1) is 12.0. The summed E-state index contributed by atoms with van der Waals surface area (Å²) < 4.78 is 0. The molecule has 3 rings (SSSR count). The molecule has 0 saturated carbocycles. The maximum Gasteiger partial charge on any atom is 0.0376 e. The highest BCUT2D eigenvalue weighted by Gasteiger charge is 2.27. The molecule has 3 unspecified atom stereocenters. The lowest BCUT2D eigenvalue weighted by molar-refractivity contribution is 0.135. The van der Waals surface area contributed by atoms with E-state index in [-0.39, 0.29) is 0 Å². The minimum atomic E-state index is 0.679. The number of hydrogen-bond donors (Lipinski definition) is 1. The third-order valence-corrected chi connectivity index (χ3v) is 4.36. The molecule has 3 atom stereocenters. The number of para-hydroxylation sites is 1. The Morgan fingerprint density at radius 2 is 1.89 bits per heavy atom. The SMILES string of the molecule is CC1CC(C)CN(CC2CNc3ccccc32)C1. The number of hydrogen-bond acceptors (Lipinski definition) is 2. The van der Waals surface area contributed by atoms with E-state index in [4.69, 9.17) is 0 Å². The lowest BCUT2D eigenvalue weighted by Crippen LogP contribution is -2.41. The summed E-state index contributed by atoms with van der Waals surface area (Å²) in [5, 5.41) is 3.54. The summed E-state index contributed by atoms with van der Waals surface area (Å²) in [6, 6.07) is 8.78. The second-order valence-electron chi connectivity index (χ2n) is 6.33. The zero-order valence-electron chi connectivity index (χ0n) is 11.5. The van der Waals surface area contributed by atoms with Crippen LogP contribution >= 0.6 is 0 Å². The average molecular weight is 244 g/mol. The fourth-order valence-electron chi connectivity index (χ4n) is 3.77. The Bertz CT molecular complexity index is 405. The van der Waals surface area contributed by atoms with Gasteiger partial charge < -0.3 is 10.2 Å². The van der Waals surface area contributed by atoms with Crippen LogP contribution in [0, 0.1) is 11.8 Å². The van der Waals surface area contributed by atoms with Crippen LogP contribution in [0.2, 0.25) is 0 Å². The van der Waals surface area contributed by atoms with Crippen LogP contribution in [0.25, 0.3) is 0 Å². The van der Waals surface area contributed by atoms with Crippen LogP contribution in [-0.4, -0.2) is 31.1 Å². The summed E-state index contributed by atoms with van der Waals surface area (Å²) in [6.07, 6.45) is 1.40. The molecule has 2 heteroatoms. The second kappa shape index (κ2) is 4.93. The van der Waals surface area contributed by atoms with Crippen molar-refractivity contribution in [2.24, 2.45) is 11.8 Å². The summed E-state index contributed by atoms with van der Waals surface area (Å²) in [5.74, 6) is 2.40. The third-order valence-electron chi connectivity index (χ3n) is 4.36. The van der Waals surface area contributed by atoms with Gasteiger partial charge in [-0.3, -0.25) is 0 Å². The predicted molar refractivity (Wildman–Crippen MR) is 77.1 cm³/mol. The fraction of sp³-hybridized carbons (Fsp3) is 0.625. The highest BCUT2D eigenvalue weighted by molar-refractivity contribution is 5.57. The first-order valence-corrected chi connectivity index (χ1v) is 7.27. The molecule has 0 spiro atoms. The molecule has 2 aliphatic heterocycles. The van der Waals surface area contributed by atoms with Gasteiger partial charge in [0.25, 0.3) is 0 Å². The number of fused-ring (bicyclic) bond motifs is 1. The number of benzene rings is 1. The Hall–Kier alpha value is -1.02. The van der Waals surface area contributed by atoms with Crippen LogP contribution < -0.4 is 5.32 Å². The Labute approximate surface area is 110 Å². The molecular formula is C16H24N2. The molecular weight excluding hydrogens is 220 g/mol. The van der Waals surface area contributed by atoms with Crippen LogP contribution in [-0.2, 0) is 0 Å². The van der Waals surface area contributed by atoms with Crippen molar-refractivity contribution < 1.29 is 0 Å². The van der Waals surface area contributed by atoms with E-state index in [9.17, 15) is 0 Å². The number of likely N-dealkylation sites (tertiary alicyclic amines) is 1. The topological polar surface area (TPSA) is 15.3 Å². The van der Waals surface area contributed by atoms with Gasteiger partial charge >= 0.3 is 0 Å². The molecule has 2 nitrogen and oxygen atoms in total. The second-order valence-corrected chi connectivity index (χ2v) is 6.33. The first-order valence-electron chi connectivity index (χ1n) is 7.27. The summed E-state index contributed by atoms with van der Waals surface area (Å²) in [7, 11) is 0. The lowest BCUT2D eigenvalue weighted by Gasteiger charge is -2.36. The van der Waals surface area contributed by atoms with Gasteiger partial charge in [-0.15, -0.1) is 0 Å². The molecule has 1 aromatic carbocycles. The van der Waals surface area contributed by atoms with E-state index in [0.717, 1.165) is 18.4 Å². The van der Waals surface area contributed by atoms with Crippen LogP contribution in [0.3, 0.4) is 0 Å². The Kier molecular flexibility index (Phi) is 3.29. The van der Waals surface area contributed by atoms with E-state index in [1.807, 2.05) is 0 Å². The van der Waals surface area contributed by atoms with Crippen molar-refractivity contribution in [3.05, 3.63) is 29.8 Å². The minimum Gasteiger partial charge on any atom is -0.384 e. The Morgan fingerprint density at radius 3 is 2.67 bits per heavy atom. The monoisotopic (exact) mass is 244 g/mol. The normalized spacial score (nSPS) is 32.0. The van der Waals surface area contributed by atoms with Crippen LogP contribution in [0.1, 0.15) is 31.7 Å². The van der Waals surface area contributed by atoms with Gasteiger partial charge in [0, 0.05) is 37.8 Å². The number of piperidine rings is 1. The van der Waals surface area contributed by atoms with Gasteiger partial charge in [-0.1, -0.05) is 32.0 Å². The molecule has 0 aliphatic carbocycles. The maximum absolute atomic E-state index is 3.54. The highest BCUT2D eigenvalue weighted by Crippen LogP contribution is 2.32. The number of nitrogens with zero attached hydrogens (tertiary/aromatic N) is 1. The standard InChI is InChI=1S/C16H24N2/c1-12-7-13(2)10-18(9-12)11-14-8-17-16-6-4-3-5-15(14)16/h3-6,12-14,17H,7-11H2,1-2H3. The van der Waals surface area contributed by atoms with Gasteiger partial charge in [0.05, 0.1) is 0 Å². The van der Waals surface area contributed by atoms with Crippen molar-refractivity contribution in [2.45, 2.75) is 26.2 Å². The van der Waals surface area contributed by atoms with Crippen LogP contribution in [0.15, 0.2) is 24.3 Å². The van der Waals surface area contributed by atoms with E-state index >= 15 is 0 Å². The molecule has 98 valence electrons. The smallest absolute Gasteiger partial charge is 0.0376 e. The summed E-state index contributed by atoms with van der Waals surface area (Å²) in [4.78, 5) is 2.67. The molecule has 1 fully saturated rings. The third kappa shape index (κ3) is 2.39. The molecule has 2 aliphatic rings. The summed E-state index contributed by atoms with van der Waals surface area (Å²) in [6.45, 7) is 9.68. The van der Waals surface area contributed by atoms with Crippen LogP contribution in [0.4, 0.5) is 5.69 Å². The number of rotatable bonds is 2. The van der Waals surface area contributed by atoms with Crippen molar-refractivity contribution >= 4 is 5.69 Å². The van der Waals surface area contributed by atoms with Crippen molar-refractivity contribution in [1.82, 2.24) is 4.90 Å². The van der Waals surface area contributed by atoms with E-state index in [1.165, 1.54) is 37.3 Å². The minimum absolute atomic E-state index is 0.679. The Balaban J connectivity index is 1.67. The van der Waals surface area contributed by atoms with E-state index in [0.29, 0.717) is 5.92 Å².